The standard InChI is InChI=1S/C18H30/c1-4-7-9-12-17-14-10-13-16(11-6-3)18(17)15-8-5-2/h10,13-14H,4-9,11-12,15H2,1-3H3. The first-order valence-electron chi connectivity index (χ1n) is 7.93. The van der Waals surface area contributed by atoms with Crippen LogP contribution in [0.5, 0.6) is 0 Å². The highest BCUT2D eigenvalue weighted by Gasteiger charge is 2.07. The zero-order valence-corrected chi connectivity index (χ0v) is 12.6. The molecule has 0 nitrogen and oxygen atoms in total. The summed E-state index contributed by atoms with van der Waals surface area (Å²) in [5, 5.41) is 0. The molecular weight excluding hydrogens is 216 g/mol. The summed E-state index contributed by atoms with van der Waals surface area (Å²) in [6.07, 6.45) is 11.8. The molecule has 0 atom stereocenters. The van der Waals surface area contributed by atoms with Gasteiger partial charge >= 0.3 is 0 Å². The Hall–Kier alpha value is -0.780. The van der Waals surface area contributed by atoms with Crippen LogP contribution in [0.3, 0.4) is 0 Å². The number of hydrogen-bond acceptors (Lipinski definition) is 0. The van der Waals surface area contributed by atoms with Crippen LogP contribution in [0, 0.1) is 0 Å². The van der Waals surface area contributed by atoms with Crippen molar-refractivity contribution in [3.63, 3.8) is 0 Å². The molecule has 18 heavy (non-hydrogen) atoms. The molecule has 0 aromatic heterocycles. The molecule has 0 bridgehead atoms. The third kappa shape index (κ3) is 4.84. The monoisotopic (exact) mass is 246 g/mol. The van der Waals surface area contributed by atoms with Crippen molar-refractivity contribution in [2.45, 2.75) is 78.6 Å². The lowest BCUT2D eigenvalue weighted by molar-refractivity contribution is 0.704. The molecular formula is C18H30. The second-order valence-corrected chi connectivity index (χ2v) is 5.37. The molecule has 0 radical (unpaired) electrons. The molecule has 0 amide bonds. The number of unbranched alkanes of at least 4 members (excludes halogenated alkanes) is 3. The maximum absolute atomic E-state index is 2.36. The third-order valence-electron chi connectivity index (χ3n) is 3.72. The van der Waals surface area contributed by atoms with Crippen molar-refractivity contribution in [3.05, 3.63) is 34.9 Å². The maximum atomic E-state index is 2.36. The van der Waals surface area contributed by atoms with E-state index in [9.17, 15) is 0 Å². The van der Waals surface area contributed by atoms with Crippen LogP contribution < -0.4 is 0 Å². The van der Waals surface area contributed by atoms with Crippen LogP contribution in [-0.4, -0.2) is 0 Å². The Labute approximate surface area is 114 Å². The SMILES string of the molecule is CCCCCc1cccc(CCC)c1CCCC. The Morgan fingerprint density at radius 2 is 1.33 bits per heavy atom. The molecule has 0 saturated carbocycles. The van der Waals surface area contributed by atoms with Gasteiger partial charge in [-0.2, -0.15) is 0 Å². The van der Waals surface area contributed by atoms with Gasteiger partial charge in [-0.1, -0.05) is 64.7 Å². The molecule has 0 heterocycles. The summed E-state index contributed by atoms with van der Waals surface area (Å²) < 4.78 is 0. The van der Waals surface area contributed by atoms with Crippen LogP contribution in [0.15, 0.2) is 18.2 Å². The number of hydrogen-bond donors (Lipinski definition) is 0. The number of benzene rings is 1. The molecule has 1 aromatic carbocycles. The van der Waals surface area contributed by atoms with Gasteiger partial charge < -0.3 is 0 Å². The highest BCUT2D eigenvalue weighted by molar-refractivity contribution is 5.35. The van der Waals surface area contributed by atoms with Crippen molar-refractivity contribution < 1.29 is 0 Å². The summed E-state index contributed by atoms with van der Waals surface area (Å²) >= 11 is 0. The van der Waals surface area contributed by atoms with Crippen molar-refractivity contribution in [2.24, 2.45) is 0 Å². The minimum Gasteiger partial charge on any atom is -0.0654 e. The summed E-state index contributed by atoms with van der Waals surface area (Å²) in [7, 11) is 0. The summed E-state index contributed by atoms with van der Waals surface area (Å²) in [5.41, 5.74) is 4.92. The van der Waals surface area contributed by atoms with Gasteiger partial charge in [-0.3, -0.25) is 0 Å². The van der Waals surface area contributed by atoms with E-state index < -0.39 is 0 Å². The van der Waals surface area contributed by atoms with Crippen molar-refractivity contribution in [3.8, 4) is 0 Å². The second kappa shape index (κ2) is 9.19. The molecule has 0 saturated heterocycles. The second-order valence-electron chi connectivity index (χ2n) is 5.37. The molecule has 102 valence electrons. The van der Waals surface area contributed by atoms with Gasteiger partial charge in [0.15, 0.2) is 0 Å². The molecule has 0 unspecified atom stereocenters. The van der Waals surface area contributed by atoms with Crippen molar-refractivity contribution in [1.29, 1.82) is 0 Å². The predicted octanol–water partition coefficient (Wildman–Crippen LogP) is 5.71. The van der Waals surface area contributed by atoms with Gasteiger partial charge in [-0.15, -0.1) is 0 Å². The largest absolute Gasteiger partial charge is 0.0654 e. The third-order valence-corrected chi connectivity index (χ3v) is 3.72. The Balaban J connectivity index is 2.80. The Morgan fingerprint density at radius 3 is 1.94 bits per heavy atom. The zero-order valence-electron chi connectivity index (χ0n) is 12.6. The first-order chi connectivity index (χ1) is 8.83. The molecule has 0 fully saturated rings. The lowest BCUT2D eigenvalue weighted by Gasteiger charge is -2.14. The van der Waals surface area contributed by atoms with Gasteiger partial charge in [0, 0.05) is 0 Å². The van der Waals surface area contributed by atoms with E-state index in [1.807, 2.05) is 0 Å². The zero-order chi connectivity index (χ0) is 13.2. The van der Waals surface area contributed by atoms with E-state index in [0.29, 0.717) is 0 Å². The Kier molecular flexibility index (Phi) is 7.80. The summed E-state index contributed by atoms with van der Waals surface area (Å²) in [4.78, 5) is 0. The van der Waals surface area contributed by atoms with Gasteiger partial charge in [-0.05, 0) is 48.8 Å². The topological polar surface area (TPSA) is 0 Å². The molecule has 0 aliphatic carbocycles. The van der Waals surface area contributed by atoms with Gasteiger partial charge in [0.1, 0.15) is 0 Å². The molecule has 0 spiro atoms. The fourth-order valence-corrected chi connectivity index (χ4v) is 2.67. The van der Waals surface area contributed by atoms with E-state index in [2.05, 4.69) is 39.0 Å². The van der Waals surface area contributed by atoms with Crippen LogP contribution in [0.1, 0.15) is 76.0 Å². The van der Waals surface area contributed by atoms with Crippen LogP contribution in [0.25, 0.3) is 0 Å². The van der Waals surface area contributed by atoms with E-state index in [1.165, 1.54) is 57.8 Å². The van der Waals surface area contributed by atoms with Crippen LogP contribution in [0.2, 0.25) is 0 Å². The number of aryl methyl sites for hydroxylation is 2. The quantitative estimate of drug-likeness (QED) is 0.489. The molecule has 1 rings (SSSR count). The van der Waals surface area contributed by atoms with Gasteiger partial charge in [0.05, 0.1) is 0 Å². The van der Waals surface area contributed by atoms with Crippen LogP contribution in [0.4, 0.5) is 0 Å². The molecule has 0 aliphatic rings. The summed E-state index contributed by atoms with van der Waals surface area (Å²) in [5.74, 6) is 0. The van der Waals surface area contributed by atoms with Crippen LogP contribution in [-0.2, 0) is 19.3 Å². The minimum atomic E-state index is 1.25. The molecule has 1 aromatic rings. The van der Waals surface area contributed by atoms with E-state index >= 15 is 0 Å². The smallest absolute Gasteiger partial charge is 0.0274 e. The first-order valence-corrected chi connectivity index (χ1v) is 7.93. The van der Waals surface area contributed by atoms with E-state index in [-0.39, 0.29) is 0 Å². The van der Waals surface area contributed by atoms with Crippen LogP contribution >= 0.6 is 0 Å². The van der Waals surface area contributed by atoms with Gasteiger partial charge in [0.25, 0.3) is 0 Å². The lowest BCUT2D eigenvalue weighted by atomic mass is 9.91. The highest BCUT2D eigenvalue weighted by Crippen LogP contribution is 2.21. The average Bonchev–Trinajstić information content (AvgIpc) is 2.38. The average molecular weight is 246 g/mol. The summed E-state index contributed by atoms with van der Waals surface area (Å²) in [6, 6.07) is 6.97. The Morgan fingerprint density at radius 1 is 0.667 bits per heavy atom. The highest BCUT2D eigenvalue weighted by atomic mass is 14.1. The summed E-state index contributed by atoms with van der Waals surface area (Å²) in [6.45, 7) is 6.86. The van der Waals surface area contributed by atoms with Gasteiger partial charge in [0.2, 0.25) is 0 Å². The van der Waals surface area contributed by atoms with E-state index in [0.717, 1.165) is 0 Å². The van der Waals surface area contributed by atoms with Crippen molar-refractivity contribution in [2.75, 3.05) is 0 Å². The fraction of sp³-hybridized carbons (Fsp3) is 0.667. The van der Waals surface area contributed by atoms with E-state index in [1.54, 1.807) is 16.7 Å². The van der Waals surface area contributed by atoms with Crippen molar-refractivity contribution in [1.82, 2.24) is 0 Å². The van der Waals surface area contributed by atoms with Crippen molar-refractivity contribution >= 4 is 0 Å². The molecule has 0 N–H and O–H groups in total. The minimum absolute atomic E-state index is 1.25. The lowest BCUT2D eigenvalue weighted by Crippen LogP contribution is -2.01. The maximum Gasteiger partial charge on any atom is -0.0274 e. The number of rotatable bonds is 9. The fourth-order valence-electron chi connectivity index (χ4n) is 2.67. The van der Waals surface area contributed by atoms with E-state index in [4.69, 9.17) is 0 Å². The molecule has 0 heteroatoms. The first kappa shape index (κ1) is 15.3. The van der Waals surface area contributed by atoms with Gasteiger partial charge in [-0.25, -0.2) is 0 Å². The molecule has 0 aliphatic heterocycles. The predicted molar refractivity (Wildman–Crippen MR) is 82.3 cm³/mol. The normalized spacial score (nSPS) is 10.8. The Bertz CT molecular complexity index is 325.